The third-order valence-electron chi connectivity index (χ3n) is 6.57. The lowest BCUT2D eigenvalue weighted by atomic mass is 9.98. The molecular formula is C26H28ClN5O. The van der Waals surface area contributed by atoms with E-state index < -0.39 is 0 Å². The highest BCUT2D eigenvalue weighted by Gasteiger charge is 2.26. The van der Waals surface area contributed by atoms with Gasteiger partial charge in [0.25, 0.3) is 0 Å². The lowest BCUT2D eigenvalue weighted by molar-refractivity contribution is 0.388. The predicted octanol–water partition coefficient (Wildman–Crippen LogP) is 5.98. The van der Waals surface area contributed by atoms with Crippen LogP contribution >= 0.6 is 11.6 Å². The molecule has 6 nitrogen and oxygen atoms in total. The minimum absolute atomic E-state index is 0.427. The molecule has 3 heterocycles. The number of rotatable bonds is 4. The fourth-order valence-electron chi connectivity index (χ4n) is 4.66. The molecule has 0 aliphatic carbocycles. The zero-order valence-corrected chi connectivity index (χ0v) is 20.4. The highest BCUT2D eigenvalue weighted by molar-refractivity contribution is 6.35. The summed E-state index contributed by atoms with van der Waals surface area (Å²) in [5.41, 5.74) is 8.78. The number of benzene rings is 2. The third-order valence-corrected chi connectivity index (χ3v) is 6.85. The summed E-state index contributed by atoms with van der Waals surface area (Å²) in [7, 11) is 1.67. The summed E-state index contributed by atoms with van der Waals surface area (Å²) in [5, 5.41) is 8.42. The number of nitrogens with zero attached hydrogens (tertiary/aromatic N) is 4. The van der Waals surface area contributed by atoms with Crippen LogP contribution in [-0.2, 0) is 13.0 Å². The number of hydrogen-bond donors (Lipinski definition) is 1. The Morgan fingerprint density at radius 2 is 1.88 bits per heavy atom. The number of hydrogen-bond acceptors (Lipinski definition) is 5. The molecule has 0 spiro atoms. The maximum atomic E-state index is 6.42. The molecule has 170 valence electrons. The molecule has 0 saturated carbocycles. The Kier molecular flexibility index (Phi) is 5.49. The SMILES string of the molecule is COc1nc(-c2c(C)ccc3[nH]nc(Cl)c23)nc2c1CN(c1cc(C(C)C)ccc1C)CC2. The van der Waals surface area contributed by atoms with Crippen molar-refractivity contribution >= 4 is 28.2 Å². The number of nitrogens with one attached hydrogen (secondary N) is 1. The first-order valence-electron chi connectivity index (χ1n) is 11.3. The third kappa shape index (κ3) is 3.72. The van der Waals surface area contributed by atoms with Gasteiger partial charge in [0.1, 0.15) is 0 Å². The molecule has 0 amide bonds. The van der Waals surface area contributed by atoms with E-state index in [0.717, 1.165) is 52.8 Å². The lowest BCUT2D eigenvalue weighted by Gasteiger charge is -2.32. The van der Waals surface area contributed by atoms with Crippen molar-refractivity contribution in [2.75, 3.05) is 18.6 Å². The second-order valence-electron chi connectivity index (χ2n) is 9.05. The summed E-state index contributed by atoms with van der Waals surface area (Å²) in [6.45, 7) is 10.3. The van der Waals surface area contributed by atoms with Crippen molar-refractivity contribution < 1.29 is 4.74 Å². The number of aromatic nitrogens is 4. The number of anilines is 1. The van der Waals surface area contributed by atoms with Crippen LogP contribution in [0.15, 0.2) is 30.3 Å². The predicted molar refractivity (Wildman–Crippen MR) is 133 cm³/mol. The van der Waals surface area contributed by atoms with Gasteiger partial charge in [0.2, 0.25) is 5.88 Å². The van der Waals surface area contributed by atoms with Crippen LogP contribution in [0.25, 0.3) is 22.3 Å². The average Bonchev–Trinajstić information content (AvgIpc) is 3.18. The lowest BCUT2D eigenvalue weighted by Crippen LogP contribution is -2.32. The van der Waals surface area contributed by atoms with Gasteiger partial charge >= 0.3 is 0 Å². The van der Waals surface area contributed by atoms with Crippen molar-refractivity contribution in [2.45, 2.75) is 46.6 Å². The maximum Gasteiger partial charge on any atom is 0.222 e. The molecular weight excluding hydrogens is 434 g/mol. The quantitative estimate of drug-likeness (QED) is 0.404. The Hall–Kier alpha value is -3.12. The number of H-pyrrole nitrogens is 1. The minimum atomic E-state index is 0.427. The molecule has 1 N–H and O–H groups in total. The van der Waals surface area contributed by atoms with Crippen molar-refractivity contribution in [3.05, 3.63) is 63.4 Å². The Bertz CT molecular complexity index is 1340. The molecule has 5 rings (SSSR count). The zero-order chi connectivity index (χ0) is 23.3. The molecule has 2 aromatic heterocycles. The number of methoxy groups -OCH3 is 1. The topological polar surface area (TPSA) is 66.9 Å². The molecule has 0 saturated heterocycles. The number of halogens is 1. The van der Waals surface area contributed by atoms with E-state index in [2.05, 4.69) is 54.1 Å². The van der Waals surface area contributed by atoms with E-state index in [4.69, 9.17) is 26.3 Å². The van der Waals surface area contributed by atoms with Crippen LogP contribution in [0.1, 0.15) is 47.7 Å². The number of aryl methyl sites for hydroxylation is 2. The highest BCUT2D eigenvalue weighted by atomic mass is 35.5. The second kappa shape index (κ2) is 8.34. The summed E-state index contributed by atoms with van der Waals surface area (Å²) in [6, 6.07) is 10.8. The van der Waals surface area contributed by atoms with Gasteiger partial charge in [-0.1, -0.05) is 43.6 Å². The molecule has 1 aliphatic rings. The first kappa shape index (κ1) is 21.7. The molecule has 2 aromatic carbocycles. The van der Waals surface area contributed by atoms with E-state index in [1.807, 2.05) is 19.1 Å². The van der Waals surface area contributed by atoms with Crippen LogP contribution in [0.2, 0.25) is 5.15 Å². The van der Waals surface area contributed by atoms with Gasteiger partial charge in [-0.05, 0) is 48.6 Å². The van der Waals surface area contributed by atoms with Crippen molar-refractivity contribution in [3.8, 4) is 17.3 Å². The van der Waals surface area contributed by atoms with Crippen LogP contribution < -0.4 is 9.64 Å². The van der Waals surface area contributed by atoms with E-state index in [1.54, 1.807) is 7.11 Å². The number of fused-ring (bicyclic) bond motifs is 2. The molecule has 4 aromatic rings. The Balaban J connectivity index is 1.59. The zero-order valence-electron chi connectivity index (χ0n) is 19.7. The highest BCUT2D eigenvalue weighted by Crippen LogP contribution is 2.37. The van der Waals surface area contributed by atoms with Crippen LogP contribution in [0.4, 0.5) is 5.69 Å². The summed E-state index contributed by atoms with van der Waals surface area (Å²) < 4.78 is 5.78. The molecule has 0 atom stereocenters. The van der Waals surface area contributed by atoms with Crippen LogP contribution in [0.3, 0.4) is 0 Å². The fraction of sp³-hybridized carbons (Fsp3) is 0.346. The normalized spacial score (nSPS) is 13.6. The van der Waals surface area contributed by atoms with Gasteiger partial charge in [-0.2, -0.15) is 10.1 Å². The summed E-state index contributed by atoms with van der Waals surface area (Å²) >= 11 is 6.42. The molecule has 1 aliphatic heterocycles. The van der Waals surface area contributed by atoms with Gasteiger partial charge in [-0.25, -0.2) is 4.98 Å². The molecule has 0 bridgehead atoms. The largest absolute Gasteiger partial charge is 0.481 e. The van der Waals surface area contributed by atoms with Crippen molar-refractivity contribution in [1.82, 2.24) is 20.2 Å². The molecule has 0 fully saturated rings. The van der Waals surface area contributed by atoms with Crippen LogP contribution in [0, 0.1) is 13.8 Å². The van der Waals surface area contributed by atoms with E-state index in [-0.39, 0.29) is 0 Å². The molecule has 33 heavy (non-hydrogen) atoms. The smallest absolute Gasteiger partial charge is 0.222 e. The minimum Gasteiger partial charge on any atom is -0.481 e. The van der Waals surface area contributed by atoms with Gasteiger partial charge < -0.3 is 9.64 Å². The first-order chi connectivity index (χ1) is 15.9. The average molecular weight is 462 g/mol. The Morgan fingerprint density at radius 3 is 2.64 bits per heavy atom. The van der Waals surface area contributed by atoms with Crippen molar-refractivity contribution in [3.63, 3.8) is 0 Å². The second-order valence-corrected chi connectivity index (χ2v) is 9.41. The van der Waals surface area contributed by atoms with Crippen LogP contribution in [0.5, 0.6) is 5.88 Å². The van der Waals surface area contributed by atoms with Gasteiger partial charge in [0.05, 0.1) is 35.8 Å². The summed E-state index contributed by atoms with van der Waals surface area (Å²) in [6.07, 6.45) is 0.820. The number of aromatic amines is 1. The molecule has 7 heteroatoms. The van der Waals surface area contributed by atoms with Gasteiger partial charge in [-0.15, -0.1) is 0 Å². The van der Waals surface area contributed by atoms with E-state index in [0.29, 0.717) is 22.8 Å². The van der Waals surface area contributed by atoms with Gasteiger partial charge in [0, 0.05) is 24.2 Å². The fourth-order valence-corrected chi connectivity index (χ4v) is 4.90. The first-order valence-corrected chi connectivity index (χ1v) is 11.7. The van der Waals surface area contributed by atoms with Crippen molar-refractivity contribution in [1.29, 1.82) is 0 Å². The van der Waals surface area contributed by atoms with E-state index in [1.165, 1.54) is 16.8 Å². The van der Waals surface area contributed by atoms with Crippen LogP contribution in [-0.4, -0.2) is 33.8 Å². The van der Waals surface area contributed by atoms with Crippen molar-refractivity contribution in [2.24, 2.45) is 0 Å². The van der Waals surface area contributed by atoms with Gasteiger partial charge in [0.15, 0.2) is 11.0 Å². The maximum absolute atomic E-state index is 6.42. The number of ether oxygens (including phenoxy) is 1. The molecule has 0 radical (unpaired) electrons. The van der Waals surface area contributed by atoms with Gasteiger partial charge in [-0.3, -0.25) is 5.10 Å². The summed E-state index contributed by atoms with van der Waals surface area (Å²) in [4.78, 5) is 12.3. The monoisotopic (exact) mass is 461 g/mol. The summed E-state index contributed by atoms with van der Waals surface area (Å²) in [5.74, 6) is 1.74. The van der Waals surface area contributed by atoms with E-state index in [9.17, 15) is 0 Å². The van der Waals surface area contributed by atoms with E-state index >= 15 is 0 Å². The molecule has 0 unspecified atom stereocenters. The Labute approximate surface area is 199 Å². The Morgan fingerprint density at radius 1 is 1.09 bits per heavy atom. The standard InChI is InChI=1S/C26H28ClN5O/c1-14(2)17-8-6-15(3)21(12-17)32-11-10-19-18(13-32)26(33-5)29-25(28-19)22-16(4)7-9-20-23(22)24(27)31-30-20/h6-9,12,14H,10-11,13H2,1-5H3,(H,30,31).